The predicted molar refractivity (Wildman–Crippen MR) is 105 cm³/mol. The molecule has 10 nitrogen and oxygen atoms in total. The highest BCUT2D eigenvalue weighted by atomic mass is 16.5. The molecule has 0 fully saturated rings. The van der Waals surface area contributed by atoms with Gasteiger partial charge >= 0.3 is 5.97 Å². The lowest BCUT2D eigenvalue weighted by Gasteiger charge is -2.18. The van der Waals surface area contributed by atoms with Crippen molar-refractivity contribution >= 4 is 29.4 Å². The Morgan fingerprint density at radius 3 is 2.47 bits per heavy atom. The first-order valence-electron chi connectivity index (χ1n) is 8.68. The fraction of sp³-hybridized carbons (Fsp3) is 0.150. The van der Waals surface area contributed by atoms with Crippen molar-refractivity contribution in [2.75, 3.05) is 12.4 Å². The van der Waals surface area contributed by atoms with Crippen molar-refractivity contribution in [2.24, 2.45) is 0 Å². The molecule has 1 aliphatic heterocycles. The predicted octanol–water partition coefficient (Wildman–Crippen LogP) is 1.57. The van der Waals surface area contributed by atoms with Crippen molar-refractivity contribution in [3.05, 3.63) is 60.1 Å². The van der Waals surface area contributed by atoms with Gasteiger partial charge in [-0.2, -0.15) is 0 Å². The van der Waals surface area contributed by atoms with E-state index in [9.17, 15) is 19.2 Å². The second kappa shape index (κ2) is 8.03. The standard InChI is InChI=1S/C20H18N4O6/c1-10(20(28)29-4)21-18(26)11(2)24-9-15-16(19(24)27)23-30-17(15)13-5-7-14(8-6-13)22-12(3)25/h5-8H,1-2,9H2,3-4H3,(H,21,26)(H,22,25). The second-order valence-electron chi connectivity index (χ2n) is 6.36. The molecule has 2 heterocycles. The fourth-order valence-electron chi connectivity index (χ4n) is 2.84. The first kappa shape index (κ1) is 20.5. The highest BCUT2D eigenvalue weighted by molar-refractivity contribution is 6.06. The van der Waals surface area contributed by atoms with Crippen LogP contribution < -0.4 is 10.6 Å². The molecule has 0 bridgehead atoms. The van der Waals surface area contributed by atoms with Crippen LogP contribution in [0.5, 0.6) is 0 Å². The third-order valence-corrected chi connectivity index (χ3v) is 4.30. The number of nitrogens with zero attached hydrogens (tertiary/aromatic N) is 2. The summed E-state index contributed by atoms with van der Waals surface area (Å²) in [6.07, 6.45) is 0. The summed E-state index contributed by atoms with van der Waals surface area (Å²) in [5.74, 6) is -1.98. The molecular formula is C20H18N4O6. The zero-order valence-electron chi connectivity index (χ0n) is 16.3. The number of benzene rings is 1. The van der Waals surface area contributed by atoms with Crippen LogP contribution in [0.15, 0.2) is 53.3 Å². The van der Waals surface area contributed by atoms with Gasteiger partial charge in [0.05, 0.1) is 19.2 Å². The van der Waals surface area contributed by atoms with Crippen LogP contribution in [0.2, 0.25) is 0 Å². The van der Waals surface area contributed by atoms with Gasteiger partial charge in [0.1, 0.15) is 11.4 Å². The normalized spacial score (nSPS) is 12.2. The number of amides is 3. The van der Waals surface area contributed by atoms with Crippen LogP contribution in [0, 0.1) is 0 Å². The van der Waals surface area contributed by atoms with Crippen molar-refractivity contribution in [3.63, 3.8) is 0 Å². The minimum atomic E-state index is -0.814. The van der Waals surface area contributed by atoms with E-state index >= 15 is 0 Å². The number of hydrogen-bond donors (Lipinski definition) is 2. The third-order valence-electron chi connectivity index (χ3n) is 4.30. The minimum Gasteiger partial charge on any atom is -0.464 e. The Bertz CT molecular complexity index is 1080. The highest BCUT2D eigenvalue weighted by Crippen LogP contribution is 2.34. The van der Waals surface area contributed by atoms with Crippen molar-refractivity contribution in [1.82, 2.24) is 15.4 Å². The SMILES string of the molecule is C=C(NC(=O)C(=C)N1Cc2c(noc2-c2ccc(NC(C)=O)cc2)C1=O)C(=O)OC. The van der Waals surface area contributed by atoms with Crippen molar-refractivity contribution in [3.8, 4) is 11.3 Å². The fourth-order valence-corrected chi connectivity index (χ4v) is 2.84. The lowest BCUT2D eigenvalue weighted by atomic mass is 10.1. The molecule has 0 unspecified atom stereocenters. The van der Waals surface area contributed by atoms with Gasteiger partial charge in [0.15, 0.2) is 11.5 Å². The van der Waals surface area contributed by atoms with Crippen LogP contribution in [0.4, 0.5) is 5.69 Å². The van der Waals surface area contributed by atoms with Crippen molar-refractivity contribution < 1.29 is 28.4 Å². The molecule has 0 saturated heterocycles. The number of nitrogens with one attached hydrogen (secondary N) is 2. The summed E-state index contributed by atoms with van der Waals surface area (Å²) >= 11 is 0. The van der Waals surface area contributed by atoms with Gasteiger partial charge in [0.25, 0.3) is 11.8 Å². The maximum absolute atomic E-state index is 12.6. The number of rotatable bonds is 6. The van der Waals surface area contributed by atoms with Crippen molar-refractivity contribution in [1.29, 1.82) is 0 Å². The molecule has 1 aromatic heterocycles. The maximum Gasteiger partial charge on any atom is 0.353 e. The molecule has 2 aromatic rings. The van der Waals surface area contributed by atoms with Crippen LogP contribution in [-0.2, 0) is 25.7 Å². The van der Waals surface area contributed by atoms with E-state index in [1.165, 1.54) is 6.92 Å². The number of carbonyl (C=O) groups is 4. The Hall–Kier alpha value is -4.21. The molecule has 3 rings (SSSR count). The Balaban J connectivity index is 1.77. The topological polar surface area (TPSA) is 131 Å². The maximum atomic E-state index is 12.6. The average molecular weight is 410 g/mol. The third kappa shape index (κ3) is 3.83. The van der Waals surface area contributed by atoms with Crippen LogP contribution in [0.1, 0.15) is 23.0 Å². The van der Waals surface area contributed by atoms with Gasteiger partial charge in [-0.3, -0.25) is 19.3 Å². The summed E-state index contributed by atoms with van der Waals surface area (Å²) in [5, 5.41) is 8.71. The Morgan fingerprint density at radius 2 is 1.87 bits per heavy atom. The van der Waals surface area contributed by atoms with E-state index in [-0.39, 0.29) is 29.5 Å². The van der Waals surface area contributed by atoms with Gasteiger partial charge in [-0.15, -0.1) is 0 Å². The number of methoxy groups -OCH3 is 1. The first-order valence-corrected chi connectivity index (χ1v) is 8.68. The summed E-state index contributed by atoms with van der Waals surface area (Å²) in [4.78, 5) is 48.6. The smallest absolute Gasteiger partial charge is 0.353 e. The molecular weight excluding hydrogens is 392 g/mol. The number of ether oxygens (including phenoxy) is 1. The van der Waals surface area contributed by atoms with E-state index in [4.69, 9.17) is 4.52 Å². The summed E-state index contributed by atoms with van der Waals surface area (Å²) in [6, 6.07) is 6.79. The van der Waals surface area contributed by atoms with E-state index in [1.54, 1.807) is 24.3 Å². The van der Waals surface area contributed by atoms with E-state index < -0.39 is 17.8 Å². The molecule has 0 radical (unpaired) electrons. The number of fused-ring (bicyclic) bond motifs is 1. The quantitative estimate of drug-likeness (QED) is 0.546. The van der Waals surface area contributed by atoms with Gasteiger partial charge in [0, 0.05) is 18.2 Å². The van der Waals surface area contributed by atoms with Crippen molar-refractivity contribution in [2.45, 2.75) is 13.5 Å². The van der Waals surface area contributed by atoms with E-state index in [2.05, 4.69) is 33.7 Å². The molecule has 2 N–H and O–H groups in total. The molecule has 154 valence electrons. The second-order valence-corrected chi connectivity index (χ2v) is 6.36. The minimum absolute atomic E-state index is 0.0113. The molecule has 0 atom stereocenters. The molecule has 0 saturated carbocycles. The number of esters is 1. The van der Waals surface area contributed by atoms with Gasteiger partial charge in [-0.25, -0.2) is 4.79 Å². The lowest BCUT2D eigenvalue weighted by molar-refractivity contribution is -0.137. The highest BCUT2D eigenvalue weighted by Gasteiger charge is 2.38. The average Bonchev–Trinajstić information content (AvgIpc) is 3.27. The molecule has 3 amide bonds. The first-order chi connectivity index (χ1) is 14.2. The Labute approximate surface area is 171 Å². The zero-order chi connectivity index (χ0) is 22.0. The molecule has 10 heteroatoms. The molecule has 30 heavy (non-hydrogen) atoms. The largest absolute Gasteiger partial charge is 0.464 e. The van der Waals surface area contributed by atoms with Gasteiger partial charge < -0.3 is 19.9 Å². The van der Waals surface area contributed by atoms with Crippen LogP contribution in [-0.4, -0.2) is 40.9 Å². The van der Waals surface area contributed by atoms with Crippen LogP contribution >= 0.6 is 0 Å². The van der Waals surface area contributed by atoms with Gasteiger partial charge in [-0.1, -0.05) is 18.3 Å². The van der Waals surface area contributed by atoms with E-state index in [0.29, 0.717) is 22.6 Å². The number of hydrogen-bond acceptors (Lipinski definition) is 7. The van der Waals surface area contributed by atoms with E-state index in [1.807, 2.05) is 0 Å². The Kier molecular flexibility index (Phi) is 5.50. The monoisotopic (exact) mass is 410 g/mol. The van der Waals surface area contributed by atoms with E-state index in [0.717, 1.165) is 12.0 Å². The molecule has 1 aromatic carbocycles. The van der Waals surface area contributed by atoms with Crippen LogP contribution in [0.25, 0.3) is 11.3 Å². The molecule has 0 spiro atoms. The number of anilines is 1. The molecule has 0 aliphatic carbocycles. The number of aromatic nitrogens is 1. The van der Waals surface area contributed by atoms with Gasteiger partial charge in [0.2, 0.25) is 5.91 Å². The lowest BCUT2D eigenvalue weighted by Crippen LogP contribution is -2.36. The van der Waals surface area contributed by atoms with Gasteiger partial charge in [-0.05, 0) is 24.3 Å². The molecule has 1 aliphatic rings. The number of carbonyl (C=O) groups excluding carboxylic acids is 4. The summed E-state index contributed by atoms with van der Waals surface area (Å²) in [5.41, 5.74) is 1.34. The zero-order valence-corrected chi connectivity index (χ0v) is 16.3. The Morgan fingerprint density at radius 1 is 1.20 bits per heavy atom. The summed E-state index contributed by atoms with van der Waals surface area (Å²) in [6.45, 7) is 8.44. The summed E-state index contributed by atoms with van der Waals surface area (Å²) in [7, 11) is 1.15. The summed E-state index contributed by atoms with van der Waals surface area (Å²) < 4.78 is 9.79. The van der Waals surface area contributed by atoms with Crippen LogP contribution in [0.3, 0.4) is 0 Å².